The van der Waals surface area contributed by atoms with Gasteiger partial charge in [0, 0.05) is 0 Å². The molecule has 0 radical (unpaired) electrons. The van der Waals surface area contributed by atoms with E-state index < -0.39 is 0 Å². The number of carbonyl (C=O) groups excluding carboxylic acids is 1. The Morgan fingerprint density at radius 3 is 2.57 bits per heavy atom. The van der Waals surface area contributed by atoms with Crippen molar-refractivity contribution in [1.29, 1.82) is 0 Å². The fourth-order valence-electron chi connectivity index (χ4n) is 2.23. The largest absolute Gasteiger partial charge is 0.318 e. The molecule has 0 spiro atoms. The second-order valence-electron chi connectivity index (χ2n) is 4.72. The molecule has 1 N–H and O–H groups in total. The van der Waals surface area contributed by atoms with Crippen LogP contribution < -0.4 is 5.32 Å². The number of aromatic nitrogens is 2. The third-order valence-corrected chi connectivity index (χ3v) is 4.14. The van der Waals surface area contributed by atoms with Gasteiger partial charge in [-0.2, -0.15) is 5.10 Å². The first-order chi connectivity index (χ1) is 10.2. The van der Waals surface area contributed by atoms with Gasteiger partial charge in [0.2, 0.25) is 0 Å². The van der Waals surface area contributed by atoms with Crippen LogP contribution in [-0.2, 0) is 0 Å². The normalized spacial score (nSPS) is 10.6. The molecule has 0 aliphatic heterocycles. The Kier molecular flexibility index (Phi) is 3.58. The van der Waals surface area contributed by atoms with Crippen LogP contribution in [0, 0.1) is 13.8 Å². The summed E-state index contributed by atoms with van der Waals surface area (Å²) in [5.74, 6) is -0.0937. The number of amides is 1. The zero-order valence-electron chi connectivity index (χ0n) is 11.8. The SMILES string of the molecule is Cc1nn(-c2ccccc2)c(C)c1NC(=O)c1cccs1. The van der Waals surface area contributed by atoms with E-state index in [9.17, 15) is 4.79 Å². The monoisotopic (exact) mass is 297 g/mol. The summed E-state index contributed by atoms with van der Waals surface area (Å²) < 4.78 is 1.85. The lowest BCUT2D eigenvalue weighted by molar-refractivity contribution is 0.103. The minimum absolute atomic E-state index is 0.0937. The maximum atomic E-state index is 12.2. The Morgan fingerprint density at radius 1 is 1.14 bits per heavy atom. The molecule has 106 valence electrons. The van der Waals surface area contributed by atoms with E-state index in [1.54, 1.807) is 0 Å². The predicted molar refractivity (Wildman–Crippen MR) is 85.3 cm³/mol. The molecule has 3 rings (SSSR count). The number of thiophene rings is 1. The average molecular weight is 297 g/mol. The second kappa shape index (κ2) is 5.54. The zero-order chi connectivity index (χ0) is 14.8. The Labute approximate surface area is 127 Å². The third-order valence-electron chi connectivity index (χ3n) is 3.28. The van der Waals surface area contributed by atoms with Gasteiger partial charge in [-0.15, -0.1) is 11.3 Å². The van der Waals surface area contributed by atoms with Crippen molar-refractivity contribution < 1.29 is 4.79 Å². The molecule has 2 aromatic heterocycles. The summed E-state index contributed by atoms with van der Waals surface area (Å²) in [7, 11) is 0. The van der Waals surface area contributed by atoms with E-state index in [4.69, 9.17) is 0 Å². The van der Waals surface area contributed by atoms with Gasteiger partial charge in [0.25, 0.3) is 5.91 Å². The van der Waals surface area contributed by atoms with E-state index in [-0.39, 0.29) is 5.91 Å². The third kappa shape index (κ3) is 2.60. The summed E-state index contributed by atoms with van der Waals surface area (Å²) in [6, 6.07) is 13.6. The minimum Gasteiger partial charge on any atom is -0.318 e. The molecule has 0 bridgehead atoms. The Balaban J connectivity index is 1.94. The summed E-state index contributed by atoms with van der Waals surface area (Å²) in [5, 5.41) is 9.37. The quantitative estimate of drug-likeness (QED) is 0.799. The van der Waals surface area contributed by atoms with Gasteiger partial charge in [-0.05, 0) is 37.4 Å². The lowest BCUT2D eigenvalue weighted by Crippen LogP contribution is -2.11. The number of anilines is 1. The Bertz CT molecular complexity index is 760. The maximum Gasteiger partial charge on any atom is 0.265 e. The molecule has 21 heavy (non-hydrogen) atoms. The van der Waals surface area contributed by atoms with Crippen LogP contribution >= 0.6 is 11.3 Å². The van der Waals surface area contributed by atoms with E-state index in [0.717, 1.165) is 22.8 Å². The lowest BCUT2D eigenvalue weighted by atomic mass is 10.3. The first-order valence-corrected chi connectivity index (χ1v) is 7.51. The Morgan fingerprint density at radius 2 is 1.90 bits per heavy atom. The number of carbonyl (C=O) groups is 1. The van der Waals surface area contributed by atoms with Gasteiger partial charge in [0.15, 0.2) is 0 Å². The highest BCUT2D eigenvalue weighted by molar-refractivity contribution is 7.12. The van der Waals surface area contributed by atoms with Gasteiger partial charge in [-0.25, -0.2) is 4.68 Å². The van der Waals surface area contributed by atoms with Crippen LogP contribution in [0.5, 0.6) is 0 Å². The molecule has 0 atom stereocenters. The van der Waals surface area contributed by atoms with Gasteiger partial charge in [0.05, 0.1) is 27.6 Å². The predicted octanol–water partition coefficient (Wildman–Crippen LogP) is 3.80. The molecule has 1 aromatic carbocycles. The van der Waals surface area contributed by atoms with E-state index >= 15 is 0 Å². The van der Waals surface area contributed by atoms with E-state index in [1.165, 1.54) is 11.3 Å². The van der Waals surface area contributed by atoms with Gasteiger partial charge >= 0.3 is 0 Å². The van der Waals surface area contributed by atoms with Crippen LogP contribution in [0.25, 0.3) is 5.69 Å². The molecule has 0 saturated carbocycles. The van der Waals surface area contributed by atoms with Crippen molar-refractivity contribution in [2.24, 2.45) is 0 Å². The first-order valence-electron chi connectivity index (χ1n) is 6.63. The maximum absolute atomic E-state index is 12.2. The van der Waals surface area contributed by atoms with Crippen molar-refractivity contribution >= 4 is 22.9 Å². The van der Waals surface area contributed by atoms with Crippen molar-refractivity contribution in [1.82, 2.24) is 9.78 Å². The van der Waals surface area contributed by atoms with E-state index in [0.29, 0.717) is 4.88 Å². The van der Waals surface area contributed by atoms with Crippen molar-refractivity contribution in [3.63, 3.8) is 0 Å². The number of hydrogen-bond donors (Lipinski definition) is 1. The average Bonchev–Trinajstić information content (AvgIpc) is 3.12. The van der Waals surface area contributed by atoms with Crippen molar-refractivity contribution in [3.8, 4) is 5.69 Å². The van der Waals surface area contributed by atoms with E-state index in [2.05, 4.69) is 10.4 Å². The van der Waals surface area contributed by atoms with Gasteiger partial charge in [-0.1, -0.05) is 24.3 Å². The molecule has 4 nitrogen and oxygen atoms in total. The fourth-order valence-corrected chi connectivity index (χ4v) is 2.85. The van der Waals surface area contributed by atoms with Crippen molar-refractivity contribution in [2.45, 2.75) is 13.8 Å². The molecular weight excluding hydrogens is 282 g/mol. The molecular formula is C16H15N3OS. The highest BCUT2D eigenvalue weighted by Gasteiger charge is 2.16. The topological polar surface area (TPSA) is 46.9 Å². The molecule has 0 saturated heterocycles. The minimum atomic E-state index is -0.0937. The molecule has 2 heterocycles. The Hall–Kier alpha value is -2.40. The molecule has 0 unspecified atom stereocenters. The van der Waals surface area contributed by atoms with Gasteiger partial charge in [0.1, 0.15) is 0 Å². The summed E-state index contributed by atoms with van der Waals surface area (Å²) >= 11 is 1.43. The zero-order valence-corrected chi connectivity index (χ0v) is 12.6. The second-order valence-corrected chi connectivity index (χ2v) is 5.67. The highest BCUT2D eigenvalue weighted by Crippen LogP contribution is 2.23. The van der Waals surface area contributed by atoms with Crippen LogP contribution in [0.2, 0.25) is 0 Å². The van der Waals surface area contributed by atoms with Gasteiger partial charge < -0.3 is 5.32 Å². The number of nitrogens with zero attached hydrogens (tertiary/aromatic N) is 2. The smallest absolute Gasteiger partial charge is 0.265 e. The lowest BCUT2D eigenvalue weighted by Gasteiger charge is -2.06. The van der Waals surface area contributed by atoms with E-state index in [1.807, 2.05) is 66.4 Å². The number of aryl methyl sites for hydroxylation is 1. The van der Waals surface area contributed by atoms with Crippen LogP contribution in [0.3, 0.4) is 0 Å². The van der Waals surface area contributed by atoms with Crippen molar-refractivity contribution in [2.75, 3.05) is 5.32 Å². The number of para-hydroxylation sites is 1. The molecule has 0 fully saturated rings. The highest BCUT2D eigenvalue weighted by atomic mass is 32.1. The summed E-state index contributed by atoms with van der Waals surface area (Å²) in [6.45, 7) is 3.85. The first kappa shape index (κ1) is 13.6. The van der Waals surface area contributed by atoms with Crippen LogP contribution in [-0.4, -0.2) is 15.7 Å². The number of nitrogens with one attached hydrogen (secondary N) is 1. The summed E-state index contributed by atoms with van der Waals surface area (Å²) in [4.78, 5) is 12.9. The number of hydrogen-bond acceptors (Lipinski definition) is 3. The fraction of sp³-hybridized carbons (Fsp3) is 0.125. The molecule has 0 aliphatic carbocycles. The van der Waals surface area contributed by atoms with Gasteiger partial charge in [-0.3, -0.25) is 4.79 Å². The number of rotatable bonds is 3. The molecule has 0 aliphatic rings. The van der Waals surface area contributed by atoms with Crippen LogP contribution in [0.1, 0.15) is 21.1 Å². The van der Waals surface area contributed by atoms with Crippen molar-refractivity contribution in [3.05, 3.63) is 64.1 Å². The standard InChI is InChI=1S/C16H15N3OS/c1-11-15(17-16(20)14-9-6-10-21-14)12(2)19(18-11)13-7-4-3-5-8-13/h3-10H,1-2H3,(H,17,20). The summed E-state index contributed by atoms with van der Waals surface area (Å²) in [5.41, 5.74) is 3.48. The molecule has 3 aromatic rings. The molecule has 5 heteroatoms. The molecule has 1 amide bonds. The number of benzene rings is 1. The van der Waals surface area contributed by atoms with Crippen LogP contribution in [0.4, 0.5) is 5.69 Å². The van der Waals surface area contributed by atoms with Crippen LogP contribution in [0.15, 0.2) is 47.8 Å². The summed E-state index contributed by atoms with van der Waals surface area (Å²) in [6.07, 6.45) is 0.